The second-order valence-corrected chi connectivity index (χ2v) is 13.3. The summed E-state index contributed by atoms with van der Waals surface area (Å²) in [5.41, 5.74) is 4.41. The van der Waals surface area contributed by atoms with Gasteiger partial charge in [-0.05, 0) is 93.6 Å². The lowest BCUT2D eigenvalue weighted by molar-refractivity contribution is -0.130. The van der Waals surface area contributed by atoms with Gasteiger partial charge in [-0.3, -0.25) is 9.59 Å². The van der Waals surface area contributed by atoms with Crippen LogP contribution in [0.2, 0.25) is 0 Å². The molecule has 5 aromatic carbocycles. The van der Waals surface area contributed by atoms with Crippen molar-refractivity contribution in [2.45, 2.75) is 37.5 Å². The third-order valence-electron chi connectivity index (χ3n) is 9.38. The van der Waals surface area contributed by atoms with Crippen LogP contribution in [-0.2, 0) is 36.2 Å². The maximum atomic E-state index is 15.3. The largest absolute Gasteiger partial charge is 0.497 e. The Morgan fingerprint density at radius 3 is 2.16 bits per heavy atom. The molecule has 0 aromatic heterocycles. The molecule has 0 radical (unpaired) electrons. The van der Waals surface area contributed by atoms with E-state index in [9.17, 15) is 9.90 Å². The van der Waals surface area contributed by atoms with Gasteiger partial charge in [-0.1, -0.05) is 91.0 Å². The molecule has 0 saturated heterocycles. The minimum atomic E-state index is -1.23. The van der Waals surface area contributed by atoms with Gasteiger partial charge < -0.3 is 24.8 Å². The molecule has 6 rings (SSSR count). The quantitative estimate of drug-likeness (QED) is 0.133. The lowest BCUT2D eigenvalue weighted by atomic mass is 9.63. The molecule has 0 spiro atoms. The summed E-state index contributed by atoms with van der Waals surface area (Å²) in [6, 6.07) is 38.0. The van der Waals surface area contributed by atoms with Crippen molar-refractivity contribution in [2.24, 2.45) is 0 Å². The molecule has 0 unspecified atom stereocenters. The van der Waals surface area contributed by atoms with Gasteiger partial charge in [-0.2, -0.15) is 0 Å². The Balaban J connectivity index is 1.54. The Labute approximate surface area is 301 Å². The number of hydrogen-bond donors (Lipinski definition) is 2. The number of carbonyl (C=O) groups is 2. The molecule has 2 N–H and O–H groups in total. The number of halogens is 1. The summed E-state index contributed by atoms with van der Waals surface area (Å²) in [6.45, 7) is 0.505. The molecule has 1 aliphatic rings. The minimum Gasteiger partial charge on any atom is -0.497 e. The fourth-order valence-corrected chi connectivity index (χ4v) is 7.50. The van der Waals surface area contributed by atoms with Crippen molar-refractivity contribution in [3.05, 3.63) is 164 Å². The average molecular weight is 767 g/mol. The first kappa shape index (κ1) is 34.2. The summed E-state index contributed by atoms with van der Waals surface area (Å²) in [5.74, 6) is 1.11. The topological polar surface area (TPSA) is 88.1 Å². The van der Waals surface area contributed by atoms with E-state index in [-0.39, 0.29) is 25.0 Å². The summed E-state index contributed by atoms with van der Waals surface area (Å²) in [5, 5.41) is 13.2. The first-order chi connectivity index (χ1) is 23.9. The number of aliphatic hydroxyl groups is 1. The van der Waals surface area contributed by atoms with Crippen molar-refractivity contribution in [1.82, 2.24) is 10.2 Å². The predicted octanol–water partition coefficient (Wildman–Crippen LogP) is 7.04. The number of para-hydroxylation sites is 1. The number of nitrogens with one attached hydrogen (secondary N) is 1. The van der Waals surface area contributed by atoms with E-state index in [0.717, 1.165) is 37.1 Å². The van der Waals surface area contributed by atoms with Crippen LogP contribution in [0.1, 0.15) is 49.8 Å². The molecule has 49 heavy (non-hydrogen) atoms. The first-order valence-electron chi connectivity index (χ1n) is 16.3. The number of rotatable bonds is 12. The van der Waals surface area contributed by atoms with Crippen LogP contribution in [-0.4, -0.2) is 42.6 Å². The highest BCUT2D eigenvalue weighted by molar-refractivity contribution is 14.1. The highest BCUT2D eigenvalue weighted by atomic mass is 127. The second kappa shape index (κ2) is 15.3. The third kappa shape index (κ3) is 6.93. The van der Waals surface area contributed by atoms with Crippen LogP contribution in [0.5, 0.6) is 11.5 Å². The van der Waals surface area contributed by atoms with Gasteiger partial charge in [0.15, 0.2) is 0 Å². The van der Waals surface area contributed by atoms with E-state index >= 15 is 4.79 Å². The van der Waals surface area contributed by atoms with Crippen molar-refractivity contribution < 1.29 is 24.2 Å². The number of nitrogens with zero attached hydrogens (tertiary/aromatic N) is 1. The van der Waals surface area contributed by atoms with Gasteiger partial charge in [0.05, 0.1) is 33.4 Å². The number of ether oxygens (including phenoxy) is 2. The summed E-state index contributed by atoms with van der Waals surface area (Å²) in [6.07, 6.45) is 0.968. The number of benzene rings is 5. The molecular weight excluding hydrogens is 727 g/mol. The van der Waals surface area contributed by atoms with E-state index in [1.165, 1.54) is 0 Å². The van der Waals surface area contributed by atoms with Gasteiger partial charge in [0.1, 0.15) is 16.9 Å². The molecular formula is C41H39IN2O5. The Hall–Kier alpha value is -4.67. The van der Waals surface area contributed by atoms with Crippen molar-refractivity contribution in [3.8, 4) is 11.5 Å². The van der Waals surface area contributed by atoms with Crippen LogP contribution in [0.4, 0.5) is 0 Å². The molecule has 7 nitrogen and oxygen atoms in total. The summed E-state index contributed by atoms with van der Waals surface area (Å²) < 4.78 is 12.1. The number of amides is 2. The number of fused-ring (bicyclic) bond motifs is 1. The van der Waals surface area contributed by atoms with Gasteiger partial charge in [-0.15, -0.1) is 0 Å². The van der Waals surface area contributed by atoms with Gasteiger partial charge in [0.25, 0.3) is 5.91 Å². The molecule has 0 fully saturated rings. The first-order valence-corrected chi connectivity index (χ1v) is 17.3. The van der Waals surface area contributed by atoms with E-state index in [4.69, 9.17) is 9.47 Å². The SMILES string of the molecule is COc1ccc(CCNC(=O)[C@@]2(Cc3ccccc3I)c3ccccc3C(=O)N(Cc3ccccc3OC)[C@H]2c2ccc(CO)cc2)cc1. The summed E-state index contributed by atoms with van der Waals surface area (Å²) in [4.78, 5) is 31.8. The standard InChI is InChI=1S/C41H39IN2O5/c1-48-33-21-17-28(18-22-33)23-24-43-40(47)41(25-31-9-3-7-13-36(31)42)35-12-6-5-11-34(35)39(46)44(26-32-10-4-8-14-37(32)49-2)38(41)30-19-15-29(27-45)16-20-30/h3-22,38,45H,23-27H2,1-2H3,(H,43,47)/t38-,41-/m0/s1. The zero-order valence-electron chi connectivity index (χ0n) is 27.6. The van der Waals surface area contributed by atoms with E-state index in [1.807, 2.05) is 120 Å². The van der Waals surface area contributed by atoms with Crippen LogP contribution < -0.4 is 14.8 Å². The van der Waals surface area contributed by atoms with Crippen molar-refractivity contribution in [1.29, 1.82) is 0 Å². The van der Waals surface area contributed by atoms with Crippen molar-refractivity contribution in [3.63, 3.8) is 0 Å². The average Bonchev–Trinajstić information content (AvgIpc) is 3.15. The molecule has 0 saturated carbocycles. The van der Waals surface area contributed by atoms with E-state index in [1.54, 1.807) is 14.2 Å². The molecule has 250 valence electrons. The Morgan fingerprint density at radius 1 is 0.816 bits per heavy atom. The second-order valence-electron chi connectivity index (χ2n) is 12.2. The number of aliphatic hydroxyl groups excluding tert-OH is 1. The molecule has 8 heteroatoms. The fraction of sp³-hybridized carbons (Fsp3) is 0.220. The molecule has 0 aliphatic carbocycles. The lowest BCUT2D eigenvalue weighted by Gasteiger charge is -2.50. The van der Waals surface area contributed by atoms with E-state index in [0.29, 0.717) is 36.3 Å². The molecule has 2 atom stereocenters. The number of carbonyl (C=O) groups excluding carboxylic acids is 2. The van der Waals surface area contributed by atoms with Crippen LogP contribution in [0.3, 0.4) is 0 Å². The summed E-state index contributed by atoms with van der Waals surface area (Å²) in [7, 11) is 3.26. The maximum absolute atomic E-state index is 15.3. The normalized spacial score (nSPS) is 16.9. The van der Waals surface area contributed by atoms with Crippen LogP contribution in [0.15, 0.2) is 121 Å². The molecule has 1 aliphatic heterocycles. The summed E-state index contributed by atoms with van der Waals surface area (Å²) >= 11 is 2.33. The predicted molar refractivity (Wildman–Crippen MR) is 199 cm³/mol. The van der Waals surface area contributed by atoms with Gasteiger partial charge >= 0.3 is 0 Å². The molecule has 1 heterocycles. The van der Waals surface area contributed by atoms with Gasteiger partial charge in [0.2, 0.25) is 5.91 Å². The zero-order chi connectivity index (χ0) is 34.4. The van der Waals surface area contributed by atoms with Crippen LogP contribution in [0, 0.1) is 3.57 Å². The van der Waals surface area contributed by atoms with Gasteiger partial charge in [0, 0.05) is 21.2 Å². The Kier molecular flexibility index (Phi) is 10.7. The van der Waals surface area contributed by atoms with Crippen molar-refractivity contribution in [2.75, 3.05) is 20.8 Å². The molecule has 0 bridgehead atoms. The lowest BCUT2D eigenvalue weighted by Crippen LogP contribution is -2.59. The van der Waals surface area contributed by atoms with E-state index in [2.05, 4.69) is 34.0 Å². The monoisotopic (exact) mass is 766 g/mol. The molecule has 2 amide bonds. The van der Waals surface area contributed by atoms with Crippen molar-refractivity contribution >= 4 is 34.4 Å². The number of hydrogen-bond acceptors (Lipinski definition) is 5. The fourth-order valence-electron chi connectivity index (χ4n) is 6.93. The van der Waals surface area contributed by atoms with Crippen LogP contribution in [0.25, 0.3) is 0 Å². The maximum Gasteiger partial charge on any atom is 0.255 e. The van der Waals surface area contributed by atoms with E-state index < -0.39 is 11.5 Å². The smallest absolute Gasteiger partial charge is 0.255 e. The highest BCUT2D eigenvalue weighted by Crippen LogP contribution is 2.51. The molecule has 5 aromatic rings. The van der Waals surface area contributed by atoms with Gasteiger partial charge in [-0.25, -0.2) is 0 Å². The zero-order valence-corrected chi connectivity index (χ0v) is 29.7. The number of methoxy groups -OCH3 is 2. The van der Waals surface area contributed by atoms with Crippen LogP contribution >= 0.6 is 22.6 Å². The Morgan fingerprint density at radius 2 is 1.47 bits per heavy atom. The Bertz CT molecular complexity index is 1930. The third-order valence-corrected chi connectivity index (χ3v) is 10.4. The minimum absolute atomic E-state index is 0.114. The highest BCUT2D eigenvalue weighted by Gasteiger charge is 2.56.